The molecule has 1 saturated carbocycles. The van der Waals surface area contributed by atoms with Gasteiger partial charge in [0.15, 0.2) is 0 Å². The first-order valence-electron chi connectivity index (χ1n) is 5.25. The highest BCUT2D eigenvalue weighted by Gasteiger charge is 2.28. The van der Waals surface area contributed by atoms with Gasteiger partial charge in [-0.25, -0.2) is 0 Å². The van der Waals surface area contributed by atoms with Crippen LogP contribution < -0.4 is 4.90 Å². The molecule has 0 unspecified atom stereocenters. The summed E-state index contributed by atoms with van der Waals surface area (Å²) in [6.07, 6.45) is 3.04. The van der Waals surface area contributed by atoms with Crippen molar-refractivity contribution in [2.45, 2.75) is 31.4 Å². The lowest BCUT2D eigenvalue weighted by Gasteiger charge is -2.29. The zero-order valence-electron chi connectivity index (χ0n) is 8.56. The SMILES string of the molecule is CN(c1ccccc1)[C@H]1CCC[C@@H]1O. The largest absolute Gasteiger partial charge is 0.391 e. The van der Waals surface area contributed by atoms with Crippen molar-refractivity contribution in [1.82, 2.24) is 0 Å². The Balaban J connectivity index is 2.12. The molecule has 2 atom stereocenters. The van der Waals surface area contributed by atoms with Crippen molar-refractivity contribution in [3.05, 3.63) is 30.3 Å². The van der Waals surface area contributed by atoms with E-state index in [1.165, 1.54) is 5.69 Å². The molecule has 1 fully saturated rings. The molecule has 2 nitrogen and oxygen atoms in total. The molecule has 14 heavy (non-hydrogen) atoms. The Labute approximate surface area is 85.2 Å². The minimum absolute atomic E-state index is 0.153. The second-order valence-corrected chi connectivity index (χ2v) is 4.01. The Morgan fingerprint density at radius 2 is 1.93 bits per heavy atom. The summed E-state index contributed by atoms with van der Waals surface area (Å²) in [4.78, 5) is 2.19. The first-order chi connectivity index (χ1) is 6.79. The van der Waals surface area contributed by atoms with Crippen molar-refractivity contribution in [1.29, 1.82) is 0 Å². The van der Waals surface area contributed by atoms with Crippen LogP contribution in [0.5, 0.6) is 0 Å². The number of aliphatic hydroxyl groups excluding tert-OH is 1. The van der Waals surface area contributed by atoms with E-state index >= 15 is 0 Å². The van der Waals surface area contributed by atoms with Gasteiger partial charge < -0.3 is 10.0 Å². The molecule has 2 heteroatoms. The van der Waals surface area contributed by atoms with E-state index in [0.29, 0.717) is 6.04 Å². The summed E-state index contributed by atoms with van der Waals surface area (Å²) < 4.78 is 0. The summed E-state index contributed by atoms with van der Waals surface area (Å²) in [6.45, 7) is 0. The molecule has 0 bridgehead atoms. The Hall–Kier alpha value is -1.02. The summed E-state index contributed by atoms with van der Waals surface area (Å²) in [7, 11) is 2.06. The van der Waals surface area contributed by atoms with Crippen molar-refractivity contribution in [2.75, 3.05) is 11.9 Å². The van der Waals surface area contributed by atoms with Crippen LogP contribution in [0.1, 0.15) is 19.3 Å². The Bertz CT molecular complexity index is 286. The maximum atomic E-state index is 9.78. The van der Waals surface area contributed by atoms with Crippen LogP contribution in [0.25, 0.3) is 0 Å². The van der Waals surface area contributed by atoms with Crippen molar-refractivity contribution in [2.24, 2.45) is 0 Å². The molecule has 0 aromatic heterocycles. The number of nitrogens with zero attached hydrogens (tertiary/aromatic N) is 1. The summed E-state index contributed by atoms with van der Waals surface area (Å²) in [5.41, 5.74) is 1.19. The van der Waals surface area contributed by atoms with Crippen LogP contribution in [0.3, 0.4) is 0 Å². The molecule has 1 aliphatic rings. The molecule has 1 aromatic rings. The number of aliphatic hydroxyl groups is 1. The molecule has 0 heterocycles. The minimum atomic E-state index is -0.153. The first-order valence-corrected chi connectivity index (χ1v) is 5.25. The van der Waals surface area contributed by atoms with Crippen LogP contribution >= 0.6 is 0 Å². The van der Waals surface area contributed by atoms with Gasteiger partial charge in [0.05, 0.1) is 12.1 Å². The minimum Gasteiger partial charge on any atom is -0.391 e. The van der Waals surface area contributed by atoms with Crippen LogP contribution in [0.15, 0.2) is 30.3 Å². The summed E-state index contributed by atoms with van der Waals surface area (Å²) in [5, 5.41) is 9.78. The fraction of sp³-hybridized carbons (Fsp3) is 0.500. The fourth-order valence-corrected chi connectivity index (χ4v) is 2.23. The lowest BCUT2D eigenvalue weighted by Crippen LogP contribution is -2.37. The third-order valence-electron chi connectivity index (χ3n) is 3.10. The molecular formula is C12H17NO. The highest BCUT2D eigenvalue weighted by atomic mass is 16.3. The average molecular weight is 191 g/mol. The standard InChI is InChI=1S/C12H17NO/c1-13(10-6-3-2-4-7-10)11-8-5-9-12(11)14/h2-4,6-7,11-12,14H,5,8-9H2,1H3/t11-,12-/m0/s1. The molecule has 0 aliphatic heterocycles. The van der Waals surface area contributed by atoms with Gasteiger partial charge in [0, 0.05) is 12.7 Å². The van der Waals surface area contributed by atoms with Crippen molar-refractivity contribution >= 4 is 5.69 Å². The Morgan fingerprint density at radius 3 is 2.50 bits per heavy atom. The fourth-order valence-electron chi connectivity index (χ4n) is 2.23. The molecule has 76 valence electrons. The molecule has 0 saturated heterocycles. The summed E-state index contributed by atoms with van der Waals surface area (Å²) >= 11 is 0. The van der Waals surface area contributed by atoms with Gasteiger partial charge in [-0.2, -0.15) is 0 Å². The van der Waals surface area contributed by atoms with E-state index in [4.69, 9.17) is 0 Å². The average Bonchev–Trinajstić information content (AvgIpc) is 2.65. The van der Waals surface area contributed by atoms with Crippen LogP contribution in [-0.2, 0) is 0 Å². The maximum Gasteiger partial charge on any atom is 0.0743 e. The van der Waals surface area contributed by atoms with E-state index in [-0.39, 0.29) is 6.10 Å². The highest BCUT2D eigenvalue weighted by Crippen LogP contribution is 2.26. The predicted octanol–water partition coefficient (Wildman–Crippen LogP) is 2.04. The highest BCUT2D eigenvalue weighted by molar-refractivity contribution is 5.46. The van der Waals surface area contributed by atoms with Gasteiger partial charge in [-0.1, -0.05) is 18.2 Å². The molecule has 1 aliphatic carbocycles. The van der Waals surface area contributed by atoms with Crippen LogP contribution in [0, 0.1) is 0 Å². The molecule has 2 rings (SSSR count). The smallest absolute Gasteiger partial charge is 0.0743 e. The number of rotatable bonds is 2. The molecular weight excluding hydrogens is 174 g/mol. The van der Waals surface area contributed by atoms with Crippen molar-refractivity contribution in [3.63, 3.8) is 0 Å². The summed E-state index contributed by atoms with van der Waals surface area (Å²) in [6, 6.07) is 10.6. The number of para-hydroxylation sites is 1. The summed E-state index contributed by atoms with van der Waals surface area (Å²) in [5.74, 6) is 0. The number of hydrogen-bond acceptors (Lipinski definition) is 2. The van der Waals surface area contributed by atoms with Gasteiger partial charge in [-0.15, -0.1) is 0 Å². The van der Waals surface area contributed by atoms with Crippen molar-refractivity contribution < 1.29 is 5.11 Å². The number of benzene rings is 1. The van der Waals surface area contributed by atoms with E-state index in [2.05, 4.69) is 24.1 Å². The zero-order chi connectivity index (χ0) is 9.97. The van der Waals surface area contributed by atoms with Gasteiger partial charge in [0.25, 0.3) is 0 Å². The first kappa shape index (κ1) is 9.53. The van der Waals surface area contributed by atoms with Gasteiger partial charge in [0.2, 0.25) is 0 Å². The van der Waals surface area contributed by atoms with Gasteiger partial charge in [0.1, 0.15) is 0 Å². The zero-order valence-corrected chi connectivity index (χ0v) is 8.56. The van der Waals surface area contributed by atoms with Gasteiger partial charge in [-0.3, -0.25) is 0 Å². The van der Waals surface area contributed by atoms with Crippen LogP contribution in [-0.4, -0.2) is 24.3 Å². The van der Waals surface area contributed by atoms with E-state index in [9.17, 15) is 5.11 Å². The number of likely N-dealkylation sites (N-methyl/N-ethyl adjacent to an activating group) is 1. The van der Waals surface area contributed by atoms with E-state index in [0.717, 1.165) is 19.3 Å². The second-order valence-electron chi connectivity index (χ2n) is 4.01. The normalized spacial score (nSPS) is 26.4. The monoisotopic (exact) mass is 191 g/mol. The van der Waals surface area contributed by atoms with Gasteiger partial charge in [-0.05, 0) is 31.4 Å². The van der Waals surface area contributed by atoms with Crippen molar-refractivity contribution in [3.8, 4) is 0 Å². The van der Waals surface area contributed by atoms with E-state index in [1.807, 2.05) is 18.2 Å². The third-order valence-corrected chi connectivity index (χ3v) is 3.10. The van der Waals surface area contributed by atoms with Gasteiger partial charge >= 0.3 is 0 Å². The maximum absolute atomic E-state index is 9.78. The molecule has 1 aromatic carbocycles. The second kappa shape index (κ2) is 4.01. The quantitative estimate of drug-likeness (QED) is 0.773. The Morgan fingerprint density at radius 1 is 1.21 bits per heavy atom. The lowest BCUT2D eigenvalue weighted by molar-refractivity contribution is 0.163. The van der Waals surface area contributed by atoms with Crippen LogP contribution in [0.2, 0.25) is 0 Å². The topological polar surface area (TPSA) is 23.5 Å². The lowest BCUT2D eigenvalue weighted by atomic mass is 10.1. The third kappa shape index (κ3) is 1.75. The number of anilines is 1. The van der Waals surface area contributed by atoms with E-state index in [1.54, 1.807) is 0 Å². The predicted molar refractivity (Wildman–Crippen MR) is 58.5 cm³/mol. The molecule has 0 spiro atoms. The number of hydrogen-bond donors (Lipinski definition) is 1. The molecule has 1 N–H and O–H groups in total. The molecule has 0 amide bonds. The Kier molecular flexibility index (Phi) is 2.73. The van der Waals surface area contributed by atoms with Crippen LogP contribution in [0.4, 0.5) is 5.69 Å². The molecule has 0 radical (unpaired) electrons. The van der Waals surface area contributed by atoms with E-state index < -0.39 is 0 Å².